The molecule has 0 spiro atoms. The van der Waals surface area contributed by atoms with Crippen LogP contribution in [0.1, 0.15) is 85.8 Å². The number of carbonyl (C=O) groups excluding carboxylic acids is 2. The molecule has 0 aliphatic rings. The SMILES string of the molecule is CCC(Oc1ccc(C(C)(C)CC)cc1C(C)(C)CC)C(=O)Nc1cccc(O)c1N(F)C(C)=O. The summed E-state index contributed by atoms with van der Waals surface area (Å²) >= 11 is 0. The number of rotatable bonds is 10. The number of ether oxygens (including phenoxy) is 1. The smallest absolute Gasteiger partial charge is 0.265 e. The molecule has 0 aromatic heterocycles. The molecule has 6 nitrogen and oxygen atoms in total. The van der Waals surface area contributed by atoms with Gasteiger partial charge in [0.25, 0.3) is 11.8 Å². The summed E-state index contributed by atoms with van der Waals surface area (Å²) in [5.74, 6) is -1.27. The van der Waals surface area contributed by atoms with Crippen molar-refractivity contribution in [3.63, 3.8) is 0 Å². The zero-order valence-electron chi connectivity index (χ0n) is 22.2. The Morgan fingerprint density at radius 1 is 1.06 bits per heavy atom. The van der Waals surface area contributed by atoms with E-state index in [0.29, 0.717) is 12.2 Å². The van der Waals surface area contributed by atoms with Gasteiger partial charge in [0, 0.05) is 12.5 Å². The van der Waals surface area contributed by atoms with Gasteiger partial charge in [-0.05, 0) is 53.9 Å². The van der Waals surface area contributed by atoms with Gasteiger partial charge in [0.15, 0.2) is 6.10 Å². The zero-order valence-corrected chi connectivity index (χ0v) is 22.2. The quantitative estimate of drug-likeness (QED) is 0.362. The molecule has 0 saturated carbocycles. The van der Waals surface area contributed by atoms with Crippen molar-refractivity contribution in [2.45, 2.75) is 91.6 Å². The summed E-state index contributed by atoms with van der Waals surface area (Å²) in [6.45, 7) is 15.8. The summed E-state index contributed by atoms with van der Waals surface area (Å²) in [4.78, 5) is 24.7. The number of amides is 2. The van der Waals surface area contributed by atoms with Crippen LogP contribution in [0, 0.1) is 0 Å². The maximum atomic E-state index is 14.4. The van der Waals surface area contributed by atoms with Gasteiger partial charge in [-0.25, -0.2) is 0 Å². The number of phenols is 1. The van der Waals surface area contributed by atoms with Crippen LogP contribution in [-0.2, 0) is 20.4 Å². The molecule has 0 fully saturated rings. The lowest BCUT2D eigenvalue weighted by Gasteiger charge is -2.31. The van der Waals surface area contributed by atoms with Crippen molar-refractivity contribution < 1.29 is 23.9 Å². The molecule has 192 valence electrons. The number of anilines is 2. The van der Waals surface area contributed by atoms with Gasteiger partial charge in [0.1, 0.15) is 17.2 Å². The van der Waals surface area contributed by atoms with Gasteiger partial charge < -0.3 is 15.2 Å². The molecule has 2 aromatic carbocycles. The number of aromatic hydroxyl groups is 1. The van der Waals surface area contributed by atoms with E-state index in [4.69, 9.17) is 4.74 Å². The predicted octanol–water partition coefficient (Wildman–Crippen LogP) is 6.80. The number of nitrogens with zero attached hydrogens (tertiary/aromatic N) is 1. The molecule has 0 heterocycles. The van der Waals surface area contributed by atoms with E-state index in [-0.39, 0.29) is 21.6 Å². The summed E-state index contributed by atoms with van der Waals surface area (Å²) in [7, 11) is 0. The Labute approximate surface area is 208 Å². The molecule has 2 amide bonds. The highest BCUT2D eigenvalue weighted by Crippen LogP contribution is 2.39. The maximum Gasteiger partial charge on any atom is 0.265 e. The molecule has 2 N–H and O–H groups in total. The molecular formula is C28H39FN2O4. The molecule has 2 rings (SSSR count). The molecule has 35 heavy (non-hydrogen) atoms. The van der Waals surface area contributed by atoms with Crippen molar-refractivity contribution in [3.8, 4) is 11.5 Å². The van der Waals surface area contributed by atoms with E-state index >= 15 is 0 Å². The molecule has 0 aliphatic heterocycles. The second-order valence-corrected chi connectivity index (χ2v) is 10.2. The summed E-state index contributed by atoms with van der Waals surface area (Å²) < 4.78 is 20.6. The fourth-order valence-electron chi connectivity index (χ4n) is 3.66. The number of halogens is 1. The Bertz CT molecular complexity index is 1060. The van der Waals surface area contributed by atoms with Crippen molar-refractivity contribution in [1.82, 2.24) is 0 Å². The summed E-state index contributed by atoms with van der Waals surface area (Å²) in [6.07, 6.45) is 1.36. The van der Waals surface area contributed by atoms with Crippen molar-refractivity contribution in [2.75, 3.05) is 10.4 Å². The minimum Gasteiger partial charge on any atom is -0.506 e. The summed E-state index contributed by atoms with van der Waals surface area (Å²) in [5.41, 5.74) is 1.61. The highest BCUT2D eigenvalue weighted by Gasteiger charge is 2.29. The Kier molecular flexibility index (Phi) is 8.93. The van der Waals surface area contributed by atoms with Crippen LogP contribution in [0.5, 0.6) is 11.5 Å². The fraction of sp³-hybridized carbons (Fsp3) is 0.500. The molecule has 0 radical (unpaired) electrons. The van der Waals surface area contributed by atoms with Crippen molar-refractivity contribution in [3.05, 3.63) is 47.5 Å². The minimum absolute atomic E-state index is 0.000696. The molecule has 1 atom stereocenters. The monoisotopic (exact) mass is 486 g/mol. The molecule has 2 aromatic rings. The van der Waals surface area contributed by atoms with E-state index in [9.17, 15) is 19.2 Å². The third-order valence-electron chi connectivity index (χ3n) is 6.94. The van der Waals surface area contributed by atoms with E-state index in [2.05, 4.69) is 52.9 Å². The molecule has 7 heteroatoms. The lowest BCUT2D eigenvalue weighted by molar-refractivity contribution is -0.123. The average Bonchev–Trinajstić information content (AvgIpc) is 2.81. The van der Waals surface area contributed by atoms with Gasteiger partial charge in [-0.1, -0.05) is 71.1 Å². The first-order valence-electron chi connectivity index (χ1n) is 12.2. The van der Waals surface area contributed by atoms with Crippen LogP contribution in [0.2, 0.25) is 0 Å². The zero-order chi connectivity index (χ0) is 26.6. The number of hydrogen-bond acceptors (Lipinski definition) is 4. The number of phenolic OH excluding ortho intramolecular Hbond substituents is 1. The summed E-state index contributed by atoms with van der Waals surface area (Å²) in [6, 6.07) is 10.3. The van der Waals surface area contributed by atoms with Gasteiger partial charge in [0.05, 0.1) is 5.69 Å². The predicted molar refractivity (Wildman–Crippen MR) is 139 cm³/mol. The summed E-state index contributed by atoms with van der Waals surface area (Å²) in [5, 5.41) is 12.5. The Hall–Kier alpha value is -3.09. The van der Waals surface area contributed by atoms with E-state index in [0.717, 1.165) is 25.3 Å². The molecular weight excluding hydrogens is 447 g/mol. The van der Waals surface area contributed by atoms with Gasteiger partial charge >= 0.3 is 0 Å². The van der Waals surface area contributed by atoms with Crippen LogP contribution >= 0.6 is 0 Å². The second kappa shape index (κ2) is 11.1. The van der Waals surface area contributed by atoms with Crippen LogP contribution in [0.15, 0.2) is 36.4 Å². The number of benzene rings is 2. The first kappa shape index (κ1) is 28.1. The molecule has 0 bridgehead atoms. The molecule has 0 saturated heterocycles. The van der Waals surface area contributed by atoms with E-state index < -0.39 is 29.4 Å². The Balaban J connectivity index is 2.42. The first-order chi connectivity index (χ1) is 16.3. The van der Waals surface area contributed by atoms with Gasteiger partial charge in [-0.15, -0.1) is 5.12 Å². The fourth-order valence-corrected chi connectivity index (χ4v) is 3.66. The highest BCUT2D eigenvalue weighted by molar-refractivity contribution is 6.02. The van der Waals surface area contributed by atoms with Crippen LogP contribution in [-0.4, -0.2) is 23.0 Å². The third kappa shape index (κ3) is 6.32. The maximum absolute atomic E-state index is 14.4. The minimum atomic E-state index is -0.924. The van der Waals surface area contributed by atoms with Crippen molar-refractivity contribution >= 4 is 23.2 Å². The van der Waals surface area contributed by atoms with E-state index in [1.165, 1.54) is 23.8 Å². The number of carbonyl (C=O) groups is 2. The van der Waals surface area contributed by atoms with Gasteiger partial charge in [0.2, 0.25) is 0 Å². The lowest BCUT2D eigenvalue weighted by atomic mass is 9.76. The number of hydrogen-bond donors (Lipinski definition) is 2. The highest BCUT2D eigenvalue weighted by atomic mass is 19.2. The Morgan fingerprint density at radius 2 is 1.69 bits per heavy atom. The van der Waals surface area contributed by atoms with Crippen molar-refractivity contribution in [2.24, 2.45) is 0 Å². The van der Waals surface area contributed by atoms with Gasteiger partial charge in [-0.2, -0.15) is 0 Å². The standard InChI is InChI=1S/C28H39FN2O4/c1-9-23(26(34)30-21-13-12-14-22(33)25(21)31(29)18(4)32)35-24-16-15-19(27(5,6)10-2)17-20(24)28(7,8)11-3/h12-17,23,33H,9-11H2,1-8H3,(H,30,34). The van der Waals surface area contributed by atoms with Crippen molar-refractivity contribution in [1.29, 1.82) is 0 Å². The third-order valence-corrected chi connectivity index (χ3v) is 6.94. The normalized spacial score (nSPS) is 12.7. The van der Waals surface area contributed by atoms with Crippen LogP contribution in [0.3, 0.4) is 0 Å². The molecule has 1 unspecified atom stereocenters. The first-order valence-corrected chi connectivity index (χ1v) is 12.2. The van der Waals surface area contributed by atoms with Crippen LogP contribution in [0.4, 0.5) is 15.9 Å². The number of para-hydroxylation sites is 1. The van der Waals surface area contributed by atoms with E-state index in [1.54, 1.807) is 0 Å². The lowest BCUT2D eigenvalue weighted by Crippen LogP contribution is -2.34. The van der Waals surface area contributed by atoms with Crippen LogP contribution < -0.4 is 15.2 Å². The average molecular weight is 487 g/mol. The Morgan fingerprint density at radius 3 is 2.23 bits per heavy atom. The van der Waals surface area contributed by atoms with Crippen LogP contribution in [0.25, 0.3) is 0 Å². The topological polar surface area (TPSA) is 78.9 Å². The second-order valence-electron chi connectivity index (χ2n) is 10.2. The van der Waals surface area contributed by atoms with Gasteiger partial charge in [-0.3, -0.25) is 9.59 Å². The van der Waals surface area contributed by atoms with E-state index in [1.807, 2.05) is 19.1 Å². The molecule has 0 aliphatic carbocycles. The largest absolute Gasteiger partial charge is 0.506 e. The number of nitrogens with one attached hydrogen (secondary N) is 1.